The van der Waals surface area contributed by atoms with Gasteiger partial charge in [-0.25, -0.2) is 0 Å². The van der Waals surface area contributed by atoms with Gasteiger partial charge in [0.05, 0.1) is 5.69 Å². The zero-order valence-corrected chi connectivity index (χ0v) is 8.66. The molecule has 0 saturated heterocycles. The third-order valence-electron chi connectivity index (χ3n) is 2.09. The number of aromatic nitrogens is 2. The summed E-state index contributed by atoms with van der Waals surface area (Å²) in [6.45, 7) is 1.98. The second kappa shape index (κ2) is 4.91. The van der Waals surface area contributed by atoms with Crippen LogP contribution >= 0.6 is 0 Å². The van der Waals surface area contributed by atoms with Gasteiger partial charge in [0, 0.05) is 32.2 Å². The molecule has 0 atom stereocenters. The lowest BCUT2D eigenvalue weighted by Crippen LogP contribution is -2.07. The Balaban J connectivity index is 2.51. The van der Waals surface area contributed by atoms with Gasteiger partial charge in [0.15, 0.2) is 0 Å². The Labute approximate surface area is 83.5 Å². The van der Waals surface area contributed by atoms with Crippen LogP contribution in [0, 0.1) is 6.92 Å². The van der Waals surface area contributed by atoms with Gasteiger partial charge in [0.1, 0.15) is 5.78 Å². The quantitative estimate of drug-likeness (QED) is 0.750. The summed E-state index contributed by atoms with van der Waals surface area (Å²) in [4.78, 5) is 11.4. The third-order valence-corrected chi connectivity index (χ3v) is 2.09. The number of nitrogens with zero attached hydrogens (tertiary/aromatic N) is 2. The molecular formula is C10H16N2O2. The maximum atomic E-state index is 11.4. The van der Waals surface area contributed by atoms with Gasteiger partial charge in [-0.05, 0) is 19.4 Å². The molecule has 0 radical (unpaired) electrons. The first-order valence-electron chi connectivity index (χ1n) is 4.75. The van der Waals surface area contributed by atoms with Crippen LogP contribution in [0.1, 0.15) is 24.2 Å². The topological polar surface area (TPSA) is 55.1 Å². The fourth-order valence-corrected chi connectivity index (χ4v) is 1.40. The van der Waals surface area contributed by atoms with Gasteiger partial charge in [-0.1, -0.05) is 0 Å². The number of aryl methyl sites for hydroxylation is 2. The van der Waals surface area contributed by atoms with Crippen molar-refractivity contribution in [2.45, 2.75) is 26.2 Å². The maximum absolute atomic E-state index is 11.4. The molecule has 4 nitrogen and oxygen atoms in total. The van der Waals surface area contributed by atoms with Crippen LogP contribution in [0.3, 0.4) is 0 Å². The largest absolute Gasteiger partial charge is 0.396 e. The average molecular weight is 196 g/mol. The summed E-state index contributed by atoms with van der Waals surface area (Å²) in [6.07, 6.45) is 1.41. The van der Waals surface area contributed by atoms with Crippen LogP contribution in [-0.4, -0.2) is 27.3 Å². The average Bonchev–Trinajstić information content (AvgIpc) is 2.42. The lowest BCUT2D eigenvalue weighted by atomic mass is 10.1. The van der Waals surface area contributed by atoms with Gasteiger partial charge in [0.25, 0.3) is 0 Å². The van der Waals surface area contributed by atoms with Crippen molar-refractivity contribution in [2.75, 3.05) is 6.61 Å². The number of aliphatic hydroxyl groups is 1. The smallest absolute Gasteiger partial charge is 0.138 e. The molecule has 1 rings (SSSR count). The Morgan fingerprint density at radius 1 is 1.64 bits per heavy atom. The Hall–Kier alpha value is -1.16. The summed E-state index contributed by atoms with van der Waals surface area (Å²) in [5, 5.41) is 12.7. The molecule has 0 aliphatic heterocycles. The second-order valence-electron chi connectivity index (χ2n) is 3.44. The molecule has 0 aliphatic rings. The summed E-state index contributed by atoms with van der Waals surface area (Å²) in [7, 11) is 1.83. The highest BCUT2D eigenvalue weighted by molar-refractivity contribution is 5.80. The highest BCUT2D eigenvalue weighted by atomic mass is 16.3. The van der Waals surface area contributed by atoms with E-state index in [1.165, 1.54) is 0 Å². The molecule has 0 spiro atoms. The van der Waals surface area contributed by atoms with Gasteiger partial charge in [0.2, 0.25) is 0 Å². The standard InChI is InChI=1S/C10H16N2O2/c1-8-6-9(12(2)11-8)7-10(14)4-3-5-13/h6,13H,3-5,7H2,1-2H3. The zero-order chi connectivity index (χ0) is 10.6. The van der Waals surface area contributed by atoms with Crippen LogP contribution < -0.4 is 0 Å². The van der Waals surface area contributed by atoms with Gasteiger partial charge in [-0.15, -0.1) is 0 Å². The number of hydrogen-bond acceptors (Lipinski definition) is 3. The van der Waals surface area contributed by atoms with Crippen molar-refractivity contribution in [2.24, 2.45) is 7.05 Å². The first-order valence-corrected chi connectivity index (χ1v) is 4.75. The van der Waals surface area contributed by atoms with Crippen LogP contribution in [0.2, 0.25) is 0 Å². The van der Waals surface area contributed by atoms with E-state index >= 15 is 0 Å². The van der Waals surface area contributed by atoms with Gasteiger partial charge >= 0.3 is 0 Å². The molecular weight excluding hydrogens is 180 g/mol. The lowest BCUT2D eigenvalue weighted by molar-refractivity contribution is -0.118. The molecule has 14 heavy (non-hydrogen) atoms. The SMILES string of the molecule is Cc1cc(CC(=O)CCCO)n(C)n1. The molecule has 0 saturated carbocycles. The minimum absolute atomic E-state index is 0.0795. The zero-order valence-electron chi connectivity index (χ0n) is 8.66. The molecule has 78 valence electrons. The first kappa shape index (κ1) is 10.9. The molecule has 1 aromatic heterocycles. The molecule has 0 amide bonds. The van der Waals surface area contributed by atoms with E-state index < -0.39 is 0 Å². The number of carbonyl (C=O) groups excluding carboxylic acids is 1. The highest BCUT2D eigenvalue weighted by Crippen LogP contribution is 2.05. The van der Waals surface area contributed by atoms with Crippen LogP contribution in [-0.2, 0) is 18.3 Å². The molecule has 0 fully saturated rings. The van der Waals surface area contributed by atoms with Crippen molar-refractivity contribution in [3.63, 3.8) is 0 Å². The van der Waals surface area contributed by atoms with Crippen LogP contribution in [0.4, 0.5) is 0 Å². The van der Waals surface area contributed by atoms with E-state index in [9.17, 15) is 4.79 Å². The van der Waals surface area contributed by atoms with Crippen LogP contribution in [0.25, 0.3) is 0 Å². The van der Waals surface area contributed by atoms with Crippen molar-refractivity contribution < 1.29 is 9.90 Å². The Morgan fingerprint density at radius 3 is 2.86 bits per heavy atom. The molecule has 1 aromatic rings. The van der Waals surface area contributed by atoms with E-state index in [0.29, 0.717) is 19.3 Å². The normalized spacial score (nSPS) is 10.5. The Kier molecular flexibility index (Phi) is 3.83. The van der Waals surface area contributed by atoms with Crippen molar-refractivity contribution in [1.82, 2.24) is 9.78 Å². The fourth-order valence-electron chi connectivity index (χ4n) is 1.40. The van der Waals surface area contributed by atoms with E-state index in [4.69, 9.17) is 5.11 Å². The number of ketones is 1. The van der Waals surface area contributed by atoms with Crippen LogP contribution in [0.15, 0.2) is 6.07 Å². The van der Waals surface area contributed by atoms with Gasteiger partial charge in [-0.2, -0.15) is 5.10 Å². The molecule has 0 aliphatic carbocycles. The summed E-state index contributed by atoms with van der Waals surface area (Å²) < 4.78 is 1.73. The highest BCUT2D eigenvalue weighted by Gasteiger charge is 2.07. The van der Waals surface area contributed by atoms with E-state index in [1.54, 1.807) is 4.68 Å². The van der Waals surface area contributed by atoms with Crippen molar-refractivity contribution in [3.05, 3.63) is 17.5 Å². The van der Waals surface area contributed by atoms with E-state index in [2.05, 4.69) is 5.10 Å². The van der Waals surface area contributed by atoms with E-state index in [0.717, 1.165) is 11.4 Å². The lowest BCUT2D eigenvalue weighted by Gasteiger charge is -2.00. The predicted octanol–water partition coefficient (Wildman–Crippen LogP) is 0.613. The minimum Gasteiger partial charge on any atom is -0.396 e. The molecule has 0 aromatic carbocycles. The van der Waals surface area contributed by atoms with Gasteiger partial charge < -0.3 is 5.11 Å². The predicted molar refractivity (Wildman–Crippen MR) is 53.0 cm³/mol. The second-order valence-corrected chi connectivity index (χ2v) is 3.44. The summed E-state index contributed by atoms with van der Waals surface area (Å²) >= 11 is 0. The third kappa shape index (κ3) is 2.96. The Bertz CT molecular complexity index is 318. The van der Waals surface area contributed by atoms with Crippen LogP contribution in [0.5, 0.6) is 0 Å². The maximum Gasteiger partial charge on any atom is 0.138 e. The summed E-state index contributed by atoms with van der Waals surface area (Å²) in [6, 6.07) is 1.91. The molecule has 1 N–H and O–H groups in total. The molecule has 1 heterocycles. The van der Waals surface area contributed by atoms with Crippen molar-refractivity contribution >= 4 is 5.78 Å². The fraction of sp³-hybridized carbons (Fsp3) is 0.600. The molecule has 0 bridgehead atoms. The summed E-state index contributed by atoms with van der Waals surface area (Å²) in [5.41, 5.74) is 1.86. The number of aliphatic hydroxyl groups excluding tert-OH is 1. The number of rotatable bonds is 5. The van der Waals surface area contributed by atoms with E-state index in [-0.39, 0.29) is 12.4 Å². The Morgan fingerprint density at radius 2 is 2.36 bits per heavy atom. The van der Waals surface area contributed by atoms with Crippen molar-refractivity contribution in [3.8, 4) is 0 Å². The van der Waals surface area contributed by atoms with Gasteiger partial charge in [-0.3, -0.25) is 9.48 Å². The number of carbonyl (C=O) groups is 1. The number of Topliss-reactive ketones (excluding diaryl/α,β-unsaturated/α-hetero) is 1. The summed E-state index contributed by atoms with van der Waals surface area (Å²) in [5.74, 6) is 0.155. The minimum atomic E-state index is 0.0795. The molecule has 4 heteroatoms. The van der Waals surface area contributed by atoms with Crippen molar-refractivity contribution in [1.29, 1.82) is 0 Å². The first-order chi connectivity index (χ1) is 6.63. The monoisotopic (exact) mass is 196 g/mol. The number of hydrogen-bond donors (Lipinski definition) is 1. The molecule has 0 unspecified atom stereocenters. The van der Waals surface area contributed by atoms with E-state index in [1.807, 2.05) is 20.0 Å².